The summed E-state index contributed by atoms with van der Waals surface area (Å²) in [4.78, 5) is 10.8. The van der Waals surface area contributed by atoms with Gasteiger partial charge in [-0.1, -0.05) is 0 Å². The van der Waals surface area contributed by atoms with E-state index in [1.165, 1.54) is 23.9 Å². The van der Waals surface area contributed by atoms with E-state index in [2.05, 4.69) is 0 Å². The lowest BCUT2D eigenvalue weighted by Crippen LogP contribution is -1.97. The van der Waals surface area contributed by atoms with Gasteiger partial charge in [-0.3, -0.25) is 14.7 Å². The van der Waals surface area contributed by atoms with Gasteiger partial charge in [0.05, 0.1) is 18.1 Å². The van der Waals surface area contributed by atoms with Crippen LogP contribution in [0.1, 0.15) is 13.8 Å². The summed E-state index contributed by atoms with van der Waals surface area (Å²) in [5.74, 6) is 0. The second-order valence-corrected chi connectivity index (χ2v) is 7.00. The zero-order valence-electron chi connectivity index (χ0n) is 10.8. The van der Waals surface area contributed by atoms with E-state index in [0.29, 0.717) is 13.2 Å². The first-order chi connectivity index (χ1) is 9.00. The largest absolute Gasteiger partial charge is 0.340 e. The number of rotatable bonds is 8. The zero-order chi connectivity index (χ0) is 14.3. The molecule has 0 heterocycles. The molecule has 0 unspecified atom stereocenters. The Kier molecular flexibility index (Phi) is 6.51. The Morgan fingerprint density at radius 1 is 1.21 bits per heavy atom. The molecule has 1 aromatic carbocycles. The van der Waals surface area contributed by atoms with E-state index in [-0.39, 0.29) is 11.2 Å². The van der Waals surface area contributed by atoms with Crippen LogP contribution in [0.25, 0.3) is 0 Å². The van der Waals surface area contributed by atoms with E-state index in [1.54, 1.807) is 26.0 Å². The van der Waals surface area contributed by atoms with Crippen LogP contribution < -0.4 is 0 Å². The van der Waals surface area contributed by atoms with Gasteiger partial charge in [0, 0.05) is 17.0 Å². The van der Waals surface area contributed by atoms with Gasteiger partial charge < -0.3 is 9.05 Å². The average Bonchev–Trinajstić information content (AvgIpc) is 2.37. The molecule has 8 heteroatoms. The fourth-order valence-corrected chi connectivity index (χ4v) is 4.34. The van der Waals surface area contributed by atoms with Crippen molar-refractivity contribution < 1.29 is 18.5 Å². The minimum absolute atomic E-state index is 0.0298. The van der Waals surface area contributed by atoms with Crippen LogP contribution in [0.15, 0.2) is 29.2 Å². The second kappa shape index (κ2) is 7.65. The molecular weight excluding hydrogens is 289 g/mol. The normalized spacial score (nSPS) is 11.5. The first-order valence-corrected chi connectivity index (χ1v) is 8.47. The van der Waals surface area contributed by atoms with Gasteiger partial charge in [-0.2, -0.15) is 0 Å². The Bertz CT molecular complexity index is 455. The van der Waals surface area contributed by atoms with Crippen molar-refractivity contribution in [3.05, 3.63) is 34.4 Å². The molecular formula is C11H16NO5PS. The van der Waals surface area contributed by atoms with Crippen molar-refractivity contribution >= 4 is 25.0 Å². The number of benzene rings is 1. The molecule has 0 N–H and O–H groups in total. The van der Waals surface area contributed by atoms with Gasteiger partial charge in [0.15, 0.2) is 0 Å². The summed E-state index contributed by atoms with van der Waals surface area (Å²) in [5, 5.41) is 10.5. The highest BCUT2D eigenvalue weighted by Gasteiger charge is 2.23. The molecule has 6 nitrogen and oxygen atoms in total. The molecule has 0 saturated carbocycles. The van der Waals surface area contributed by atoms with Crippen LogP contribution in [0.2, 0.25) is 0 Å². The van der Waals surface area contributed by atoms with E-state index < -0.39 is 12.5 Å². The molecule has 0 atom stereocenters. The molecule has 0 radical (unpaired) electrons. The number of thioether (sulfide) groups is 1. The van der Waals surface area contributed by atoms with Crippen LogP contribution in [0, 0.1) is 10.1 Å². The topological polar surface area (TPSA) is 78.7 Å². The fourth-order valence-electron chi connectivity index (χ4n) is 1.32. The standard InChI is InChI=1S/C11H16NO5PS/c1-3-16-18(15,17-4-2)9-19-11-7-5-10(6-8-11)12(13)14/h5-8H,3-4,9H2,1-2H3. The van der Waals surface area contributed by atoms with Crippen molar-refractivity contribution in [2.45, 2.75) is 18.7 Å². The van der Waals surface area contributed by atoms with Gasteiger partial charge in [0.2, 0.25) is 0 Å². The maximum Gasteiger partial charge on any atom is 0.340 e. The molecule has 0 aromatic heterocycles. The number of non-ortho nitro benzene ring substituents is 1. The van der Waals surface area contributed by atoms with E-state index >= 15 is 0 Å². The van der Waals surface area contributed by atoms with Gasteiger partial charge in [-0.05, 0) is 26.0 Å². The predicted octanol–water partition coefficient (Wildman–Crippen LogP) is 3.91. The van der Waals surface area contributed by atoms with Crippen LogP contribution in [0.5, 0.6) is 0 Å². The van der Waals surface area contributed by atoms with Crippen molar-refractivity contribution in [1.82, 2.24) is 0 Å². The highest BCUT2D eigenvalue weighted by atomic mass is 32.2. The maximum atomic E-state index is 12.2. The van der Waals surface area contributed by atoms with Crippen LogP contribution in [0.4, 0.5) is 5.69 Å². The summed E-state index contributed by atoms with van der Waals surface area (Å²) in [5.41, 5.74) is 0.217. The summed E-state index contributed by atoms with van der Waals surface area (Å²) >= 11 is 1.29. The number of hydrogen-bond donors (Lipinski definition) is 0. The Labute approximate surface area is 116 Å². The molecule has 0 spiro atoms. The minimum Gasteiger partial charge on any atom is -0.308 e. The van der Waals surface area contributed by atoms with Crippen LogP contribution >= 0.6 is 19.4 Å². The van der Waals surface area contributed by atoms with E-state index in [1.807, 2.05) is 0 Å². The highest BCUT2D eigenvalue weighted by Crippen LogP contribution is 2.52. The third-order valence-electron chi connectivity index (χ3n) is 2.09. The van der Waals surface area contributed by atoms with Gasteiger partial charge in [-0.25, -0.2) is 0 Å². The molecule has 19 heavy (non-hydrogen) atoms. The average molecular weight is 305 g/mol. The molecule has 0 bridgehead atoms. The third-order valence-corrected chi connectivity index (χ3v) is 5.78. The van der Waals surface area contributed by atoms with Crippen molar-refractivity contribution in [2.75, 3.05) is 18.7 Å². The fraction of sp³-hybridized carbons (Fsp3) is 0.455. The molecule has 0 saturated heterocycles. The summed E-state index contributed by atoms with van der Waals surface area (Å²) in [7, 11) is -3.09. The van der Waals surface area contributed by atoms with Crippen molar-refractivity contribution in [1.29, 1.82) is 0 Å². The van der Waals surface area contributed by atoms with E-state index in [4.69, 9.17) is 9.05 Å². The number of hydrogen-bond acceptors (Lipinski definition) is 6. The lowest BCUT2D eigenvalue weighted by molar-refractivity contribution is -0.384. The number of nitro benzene ring substituents is 1. The van der Waals surface area contributed by atoms with Crippen LogP contribution in [0.3, 0.4) is 0 Å². The van der Waals surface area contributed by atoms with Crippen molar-refractivity contribution in [3.63, 3.8) is 0 Å². The maximum absolute atomic E-state index is 12.2. The molecule has 106 valence electrons. The Balaban J connectivity index is 2.64. The monoisotopic (exact) mass is 305 g/mol. The Morgan fingerprint density at radius 2 is 1.74 bits per heavy atom. The smallest absolute Gasteiger partial charge is 0.308 e. The predicted molar refractivity (Wildman–Crippen MR) is 74.7 cm³/mol. The molecule has 1 aromatic rings. The summed E-state index contributed by atoms with van der Waals surface area (Å²) in [6, 6.07) is 6.05. The first kappa shape index (κ1) is 16.2. The van der Waals surface area contributed by atoms with E-state index in [9.17, 15) is 14.7 Å². The zero-order valence-corrected chi connectivity index (χ0v) is 12.5. The van der Waals surface area contributed by atoms with Gasteiger partial charge in [0.1, 0.15) is 5.49 Å². The second-order valence-electron chi connectivity index (χ2n) is 3.47. The van der Waals surface area contributed by atoms with Gasteiger partial charge >= 0.3 is 7.60 Å². The lowest BCUT2D eigenvalue weighted by Gasteiger charge is -2.16. The van der Waals surface area contributed by atoms with Crippen LogP contribution in [-0.2, 0) is 13.6 Å². The summed E-state index contributed by atoms with van der Waals surface area (Å²) < 4.78 is 22.5. The highest BCUT2D eigenvalue weighted by molar-refractivity contribution is 8.04. The quantitative estimate of drug-likeness (QED) is 0.313. The SMILES string of the molecule is CCOP(=O)(CSc1ccc([N+](=O)[O-])cc1)OCC. The van der Waals surface area contributed by atoms with E-state index in [0.717, 1.165) is 4.90 Å². The molecule has 0 aliphatic heterocycles. The minimum atomic E-state index is -3.09. The number of nitro groups is 1. The molecule has 0 amide bonds. The van der Waals surface area contributed by atoms with Crippen molar-refractivity contribution in [2.24, 2.45) is 0 Å². The Morgan fingerprint density at radius 3 is 2.16 bits per heavy atom. The number of nitrogens with zero attached hydrogens (tertiary/aromatic N) is 1. The lowest BCUT2D eigenvalue weighted by atomic mass is 10.3. The molecule has 0 aliphatic rings. The van der Waals surface area contributed by atoms with Crippen molar-refractivity contribution in [3.8, 4) is 0 Å². The summed E-state index contributed by atoms with van der Waals surface area (Å²) in [6.07, 6.45) is 0. The molecule has 1 rings (SSSR count). The molecule has 0 aliphatic carbocycles. The Hall–Kier alpha value is -0.880. The molecule has 0 fully saturated rings. The van der Waals surface area contributed by atoms with Gasteiger partial charge in [-0.15, -0.1) is 11.8 Å². The first-order valence-electron chi connectivity index (χ1n) is 5.76. The van der Waals surface area contributed by atoms with Gasteiger partial charge in [0.25, 0.3) is 5.69 Å². The third kappa shape index (κ3) is 5.32. The van der Waals surface area contributed by atoms with Crippen LogP contribution in [-0.4, -0.2) is 23.6 Å². The summed E-state index contributed by atoms with van der Waals surface area (Å²) in [6.45, 7) is 4.14.